The maximum atomic E-state index is 5.77. The lowest BCUT2D eigenvalue weighted by molar-refractivity contribution is 0.290. The van der Waals surface area contributed by atoms with Gasteiger partial charge in [-0.15, -0.1) is 0 Å². The highest BCUT2D eigenvalue weighted by molar-refractivity contribution is 5.05. The molecular weight excluding hydrogens is 184 g/mol. The van der Waals surface area contributed by atoms with E-state index in [-0.39, 0.29) is 0 Å². The summed E-state index contributed by atoms with van der Waals surface area (Å²) in [7, 11) is 0. The van der Waals surface area contributed by atoms with E-state index in [1.807, 2.05) is 0 Å². The number of nitrogens with one attached hydrogen (secondary N) is 1. The van der Waals surface area contributed by atoms with Crippen LogP contribution in [-0.4, -0.2) is 6.04 Å². The quantitative estimate of drug-likeness (QED) is 0.541. The molecule has 2 aliphatic carbocycles. The van der Waals surface area contributed by atoms with Crippen LogP contribution < -0.4 is 11.3 Å². The monoisotopic (exact) mass is 210 g/mol. The van der Waals surface area contributed by atoms with E-state index in [0.29, 0.717) is 6.04 Å². The molecule has 2 saturated carbocycles. The smallest absolute Gasteiger partial charge is 0.0272 e. The lowest BCUT2D eigenvalue weighted by atomic mass is 9.90. The largest absolute Gasteiger partial charge is 0.271 e. The Balaban J connectivity index is 1.95. The molecule has 88 valence electrons. The van der Waals surface area contributed by atoms with E-state index >= 15 is 0 Å². The van der Waals surface area contributed by atoms with E-state index in [4.69, 9.17) is 5.84 Å². The number of fused-ring (bicyclic) bond motifs is 1. The van der Waals surface area contributed by atoms with Crippen molar-refractivity contribution in [1.29, 1.82) is 0 Å². The van der Waals surface area contributed by atoms with Gasteiger partial charge in [-0.3, -0.25) is 11.3 Å². The summed E-state index contributed by atoms with van der Waals surface area (Å²) < 4.78 is 0. The molecule has 2 heteroatoms. The van der Waals surface area contributed by atoms with Crippen molar-refractivity contribution in [2.45, 2.75) is 58.4 Å². The molecule has 2 rings (SSSR count). The lowest BCUT2D eigenvalue weighted by Gasteiger charge is -2.25. The number of hydrogen-bond acceptors (Lipinski definition) is 2. The summed E-state index contributed by atoms with van der Waals surface area (Å²) in [4.78, 5) is 0. The third kappa shape index (κ3) is 2.07. The van der Waals surface area contributed by atoms with Gasteiger partial charge in [0.05, 0.1) is 0 Å². The fourth-order valence-electron chi connectivity index (χ4n) is 3.94. The first-order chi connectivity index (χ1) is 7.33. The van der Waals surface area contributed by atoms with Crippen molar-refractivity contribution >= 4 is 0 Å². The second kappa shape index (κ2) is 4.84. The Kier molecular flexibility index (Phi) is 3.68. The molecular formula is C13H26N2. The van der Waals surface area contributed by atoms with Gasteiger partial charge in [-0.1, -0.05) is 39.5 Å². The van der Waals surface area contributed by atoms with Crippen LogP contribution in [0.1, 0.15) is 52.4 Å². The Hall–Kier alpha value is -0.0800. The van der Waals surface area contributed by atoms with Crippen LogP contribution in [0.4, 0.5) is 0 Å². The summed E-state index contributed by atoms with van der Waals surface area (Å²) in [5, 5.41) is 0. The summed E-state index contributed by atoms with van der Waals surface area (Å²) in [6.07, 6.45) is 8.37. The molecule has 3 N–H and O–H groups in total. The molecule has 0 heterocycles. The van der Waals surface area contributed by atoms with Gasteiger partial charge in [0.1, 0.15) is 0 Å². The zero-order valence-corrected chi connectivity index (χ0v) is 10.2. The highest BCUT2D eigenvalue weighted by atomic mass is 15.2. The first-order valence-corrected chi connectivity index (χ1v) is 6.79. The average Bonchev–Trinajstić information content (AvgIpc) is 3.00. The molecule has 2 fully saturated rings. The van der Waals surface area contributed by atoms with Crippen LogP contribution in [0.3, 0.4) is 0 Å². The molecule has 3 unspecified atom stereocenters. The van der Waals surface area contributed by atoms with E-state index in [1.54, 1.807) is 0 Å². The van der Waals surface area contributed by atoms with Crippen LogP contribution in [0.25, 0.3) is 0 Å². The molecule has 0 spiro atoms. The van der Waals surface area contributed by atoms with Crippen molar-refractivity contribution in [3.8, 4) is 0 Å². The maximum Gasteiger partial charge on any atom is 0.0272 e. The molecule has 15 heavy (non-hydrogen) atoms. The predicted molar refractivity (Wildman–Crippen MR) is 64.1 cm³/mol. The fourth-order valence-corrected chi connectivity index (χ4v) is 3.94. The Morgan fingerprint density at radius 3 is 2.07 bits per heavy atom. The van der Waals surface area contributed by atoms with Crippen molar-refractivity contribution in [1.82, 2.24) is 5.43 Å². The molecule has 2 nitrogen and oxygen atoms in total. The van der Waals surface area contributed by atoms with Gasteiger partial charge in [-0.25, -0.2) is 0 Å². The van der Waals surface area contributed by atoms with Gasteiger partial charge in [0.2, 0.25) is 0 Å². The maximum absolute atomic E-state index is 5.77. The third-order valence-corrected chi connectivity index (χ3v) is 4.89. The molecule has 0 bridgehead atoms. The Bertz CT molecular complexity index is 189. The Labute approximate surface area is 94.0 Å². The first kappa shape index (κ1) is 11.4. The molecule has 0 saturated heterocycles. The molecule has 0 aromatic carbocycles. The highest BCUT2D eigenvalue weighted by Crippen LogP contribution is 2.58. The van der Waals surface area contributed by atoms with E-state index in [2.05, 4.69) is 19.3 Å². The molecule has 0 aliphatic heterocycles. The van der Waals surface area contributed by atoms with Crippen LogP contribution in [0.2, 0.25) is 0 Å². The van der Waals surface area contributed by atoms with E-state index in [1.165, 1.54) is 38.5 Å². The fraction of sp³-hybridized carbons (Fsp3) is 1.00. The molecule has 0 amide bonds. The van der Waals surface area contributed by atoms with E-state index < -0.39 is 0 Å². The summed E-state index contributed by atoms with van der Waals surface area (Å²) >= 11 is 0. The second-order valence-electron chi connectivity index (χ2n) is 5.46. The van der Waals surface area contributed by atoms with Gasteiger partial charge in [-0.2, -0.15) is 0 Å². The van der Waals surface area contributed by atoms with E-state index in [9.17, 15) is 0 Å². The predicted octanol–water partition coefficient (Wildman–Crippen LogP) is 2.69. The SMILES string of the molecule is CCC(CC)C(NN)C1C2CCCCC21. The van der Waals surface area contributed by atoms with Crippen LogP contribution in [-0.2, 0) is 0 Å². The van der Waals surface area contributed by atoms with Crippen LogP contribution >= 0.6 is 0 Å². The highest BCUT2D eigenvalue weighted by Gasteiger charge is 2.54. The number of hydrazine groups is 1. The number of rotatable bonds is 5. The summed E-state index contributed by atoms with van der Waals surface area (Å²) in [6.45, 7) is 4.59. The van der Waals surface area contributed by atoms with Gasteiger partial charge in [0.25, 0.3) is 0 Å². The lowest BCUT2D eigenvalue weighted by Crippen LogP contribution is -2.43. The molecule has 3 atom stereocenters. The Morgan fingerprint density at radius 1 is 1.13 bits per heavy atom. The summed E-state index contributed by atoms with van der Waals surface area (Å²) in [6, 6.07) is 0.591. The minimum absolute atomic E-state index is 0.591. The van der Waals surface area contributed by atoms with Gasteiger partial charge in [0.15, 0.2) is 0 Å². The third-order valence-electron chi connectivity index (χ3n) is 4.89. The topological polar surface area (TPSA) is 38.0 Å². The van der Waals surface area contributed by atoms with Gasteiger partial charge >= 0.3 is 0 Å². The second-order valence-corrected chi connectivity index (χ2v) is 5.46. The minimum Gasteiger partial charge on any atom is -0.271 e. The zero-order chi connectivity index (χ0) is 10.8. The number of nitrogens with two attached hydrogens (primary N) is 1. The van der Waals surface area contributed by atoms with E-state index in [0.717, 1.165) is 23.7 Å². The van der Waals surface area contributed by atoms with Crippen LogP contribution in [0.5, 0.6) is 0 Å². The van der Waals surface area contributed by atoms with Crippen molar-refractivity contribution in [2.24, 2.45) is 29.5 Å². The van der Waals surface area contributed by atoms with Crippen molar-refractivity contribution in [3.05, 3.63) is 0 Å². The van der Waals surface area contributed by atoms with Crippen LogP contribution in [0.15, 0.2) is 0 Å². The average molecular weight is 210 g/mol. The molecule has 0 aromatic rings. The molecule has 0 radical (unpaired) electrons. The minimum atomic E-state index is 0.591. The standard InChI is InChI=1S/C13H26N2/c1-3-9(4-2)13(15-14)12-10-7-5-6-8-11(10)12/h9-13,15H,3-8,14H2,1-2H3. The molecule has 2 aliphatic rings. The van der Waals surface area contributed by atoms with Crippen molar-refractivity contribution < 1.29 is 0 Å². The number of hydrogen-bond donors (Lipinski definition) is 2. The first-order valence-electron chi connectivity index (χ1n) is 6.79. The van der Waals surface area contributed by atoms with Crippen molar-refractivity contribution in [3.63, 3.8) is 0 Å². The normalized spacial score (nSPS) is 36.4. The summed E-state index contributed by atoms with van der Waals surface area (Å²) in [5.74, 6) is 9.49. The molecule has 0 aromatic heterocycles. The van der Waals surface area contributed by atoms with Crippen molar-refractivity contribution in [2.75, 3.05) is 0 Å². The van der Waals surface area contributed by atoms with Gasteiger partial charge in [0, 0.05) is 6.04 Å². The van der Waals surface area contributed by atoms with Gasteiger partial charge < -0.3 is 0 Å². The zero-order valence-electron chi connectivity index (χ0n) is 10.2. The van der Waals surface area contributed by atoms with Crippen LogP contribution in [0, 0.1) is 23.7 Å². The Morgan fingerprint density at radius 2 is 1.67 bits per heavy atom. The summed E-state index contributed by atoms with van der Waals surface area (Å²) in [5.41, 5.74) is 3.12. The van der Waals surface area contributed by atoms with Gasteiger partial charge in [-0.05, 0) is 36.5 Å².